The summed E-state index contributed by atoms with van der Waals surface area (Å²) in [6, 6.07) is 0. The number of hydrogen-bond donors (Lipinski definition) is 2. The molecular formula is C6H6N2NaO2S7+. The van der Waals surface area contributed by atoms with Crippen molar-refractivity contribution in [3.63, 3.8) is 0 Å². The van der Waals surface area contributed by atoms with Crippen LogP contribution in [0.4, 0.5) is 0 Å². The van der Waals surface area contributed by atoms with E-state index in [4.69, 9.17) is 9.47 Å². The number of thiocarbonyl (C=S) groups is 2. The Morgan fingerprint density at radius 3 is 1.78 bits per heavy atom. The first kappa shape index (κ1) is 19.7. The Bertz CT molecular complexity index is 367. The molecule has 0 fully saturated rings. The SMILES string of the molecule is S=C(S)OCSc1nnc(SCOC(=S)S)s1.[Na+]. The van der Waals surface area contributed by atoms with Gasteiger partial charge in [0.1, 0.15) is 11.9 Å². The Morgan fingerprint density at radius 1 is 1.06 bits per heavy atom. The van der Waals surface area contributed by atoms with Gasteiger partial charge >= 0.3 is 29.6 Å². The van der Waals surface area contributed by atoms with Crippen LogP contribution in [0.2, 0.25) is 0 Å². The molecule has 0 aromatic carbocycles. The number of ether oxygens (including phenoxy) is 2. The molecule has 0 saturated carbocycles. The van der Waals surface area contributed by atoms with Gasteiger partial charge in [0.25, 0.3) is 0 Å². The maximum Gasteiger partial charge on any atom is 1.00 e. The van der Waals surface area contributed by atoms with Crippen molar-refractivity contribution in [1.29, 1.82) is 0 Å². The minimum atomic E-state index is 0. The van der Waals surface area contributed by atoms with Gasteiger partial charge in [-0.3, -0.25) is 0 Å². The molecule has 0 atom stereocenters. The number of thiol groups is 2. The van der Waals surface area contributed by atoms with Gasteiger partial charge in [-0.25, -0.2) is 0 Å². The molecule has 4 nitrogen and oxygen atoms in total. The molecule has 0 spiro atoms. The van der Waals surface area contributed by atoms with Crippen molar-refractivity contribution >= 4 is 93.3 Å². The van der Waals surface area contributed by atoms with Gasteiger partial charge in [-0.15, -0.1) is 10.2 Å². The number of hydrogen-bond acceptors (Lipinski definition) is 9. The fourth-order valence-electron chi connectivity index (χ4n) is 0.574. The zero-order valence-corrected chi connectivity index (χ0v) is 16.9. The van der Waals surface area contributed by atoms with E-state index in [0.29, 0.717) is 11.9 Å². The molecule has 18 heavy (non-hydrogen) atoms. The second-order valence-corrected chi connectivity index (χ2v) is 7.65. The molecule has 1 rings (SSSR count). The van der Waals surface area contributed by atoms with Crippen molar-refractivity contribution in [2.45, 2.75) is 8.68 Å². The number of rotatable bonds is 6. The van der Waals surface area contributed by atoms with Crippen molar-refractivity contribution in [2.24, 2.45) is 0 Å². The van der Waals surface area contributed by atoms with Crippen molar-refractivity contribution in [2.75, 3.05) is 11.9 Å². The van der Waals surface area contributed by atoms with E-state index in [0.717, 1.165) is 8.68 Å². The molecule has 1 aromatic rings. The second kappa shape index (κ2) is 11.4. The van der Waals surface area contributed by atoms with Gasteiger partial charge in [-0.05, 0) is 24.4 Å². The molecule has 0 aliphatic rings. The fraction of sp³-hybridized carbons (Fsp3) is 0.333. The quantitative estimate of drug-likeness (QED) is 0.235. The predicted octanol–water partition coefficient (Wildman–Crippen LogP) is 0.104. The Morgan fingerprint density at radius 2 is 1.44 bits per heavy atom. The van der Waals surface area contributed by atoms with E-state index in [1.54, 1.807) is 0 Å². The van der Waals surface area contributed by atoms with Crippen LogP contribution in [0.15, 0.2) is 8.68 Å². The molecule has 94 valence electrons. The molecule has 1 aromatic heterocycles. The molecule has 0 aliphatic heterocycles. The molecule has 0 aliphatic carbocycles. The third kappa shape index (κ3) is 9.61. The van der Waals surface area contributed by atoms with Crippen LogP contribution in [0.3, 0.4) is 0 Å². The first-order valence-corrected chi connectivity index (χ1v) is 8.38. The minimum Gasteiger partial charge on any atom is -0.467 e. The zero-order valence-electron chi connectivity index (χ0n) is 9.06. The van der Waals surface area contributed by atoms with Crippen LogP contribution in [0, 0.1) is 0 Å². The zero-order chi connectivity index (χ0) is 12.7. The Labute approximate surface area is 161 Å². The molecule has 12 heteroatoms. The maximum absolute atomic E-state index is 5.01. The van der Waals surface area contributed by atoms with Crippen molar-refractivity contribution in [3.8, 4) is 0 Å². The van der Waals surface area contributed by atoms with Crippen LogP contribution in [-0.4, -0.2) is 30.8 Å². The molecule has 0 bridgehead atoms. The van der Waals surface area contributed by atoms with E-state index in [-0.39, 0.29) is 38.3 Å². The van der Waals surface area contributed by atoms with Crippen molar-refractivity contribution < 1.29 is 39.0 Å². The van der Waals surface area contributed by atoms with Crippen LogP contribution < -0.4 is 29.6 Å². The predicted molar refractivity (Wildman–Crippen MR) is 86.7 cm³/mol. The third-order valence-corrected chi connectivity index (χ3v) is 4.46. The Kier molecular flexibility index (Phi) is 12.5. The molecule has 0 amide bonds. The summed E-state index contributed by atoms with van der Waals surface area (Å²) < 4.78 is 12.0. The van der Waals surface area contributed by atoms with Gasteiger partial charge in [0, 0.05) is 0 Å². The van der Waals surface area contributed by atoms with Crippen LogP contribution in [-0.2, 0) is 9.47 Å². The fourth-order valence-corrected chi connectivity index (χ4v) is 3.60. The minimum absolute atomic E-state index is 0. The first-order valence-electron chi connectivity index (χ1n) is 3.88. The molecule has 0 unspecified atom stereocenters. The molecule has 0 radical (unpaired) electrons. The number of nitrogens with zero attached hydrogens (tertiary/aromatic N) is 2. The molecule has 0 saturated heterocycles. The van der Waals surface area contributed by atoms with Gasteiger partial charge in [-0.2, -0.15) is 0 Å². The van der Waals surface area contributed by atoms with Crippen molar-refractivity contribution in [1.82, 2.24) is 10.2 Å². The van der Waals surface area contributed by atoms with Gasteiger partial charge in [0.15, 0.2) is 8.68 Å². The molecule has 1 heterocycles. The summed E-state index contributed by atoms with van der Waals surface area (Å²) in [5, 5.41) is 7.93. The summed E-state index contributed by atoms with van der Waals surface area (Å²) in [5.74, 6) is 0.748. The van der Waals surface area contributed by atoms with Crippen molar-refractivity contribution in [3.05, 3.63) is 0 Å². The summed E-state index contributed by atoms with van der Waals surface area (Å²) in [4.78, 5) is 0. The van der Waals surface area contributed by atoms with Gasteiger partial charge in [-0.1, -0.05) is 60.1 Å². The summed E-state index contributed by atoms with van der Waals surface area (Å²) in [6.07, 6.45) is 0. The molecular weight excluding hydrogens is 380 g/mol. The number of aromatic nitrogens is 2. The average molecular weight is 386 g/mol. The Balaban J connectivity index is 0.00000289. The van der Waals surface area contributed by atoms with Crippen LogP contribution in [0.5, 0.6) is 0 Å². The van der Waals surface area contributed by atoms with E-state index < -0.39 is 0 Å². The first-order chi connectivity index (χ1) is 8.08. The third-order valence-electron chi connectivity index (χ3n) is 1.12. The van der Waals surface area contributed by atoms with E-state index in [2.05, 4.69) is 59.9 Å². The monoisotopic (exact) mass is 385 g/mol. The normalized spacial score (nSPS) is 9.44. The summed E-state index contributed by atoms with van der Waals surface area (Å²) in [6.45, 7) is 0. The summed E-state index contributed by atoms with van der Waals surface area (Å²) in [5.41, 5.74) is 0. The van der Waals surface area contributed by atoms with E-state index in [1.165, 1.54) is 34.9 Å². The smallest absolute Gasteiger partial charge is 0.467 e. The largest absolute Gasteiger partial charge is 1.00 e. The van der Waals surface area contributed by atoms with Crippen LogP contribution in [0.1, 0.15) is 0 Å². The molecule has 0 N–H and O–H groups in total. The number of thioether (sulfide) groups is 2. The summed E-state index contributed by atoms with van der Waals surface area (Å²) >= 11 is 21.2. The summed E-state index contributed by atoms with van der Waals surface area (Å²) in [7, 11) is 0. The van der Waals surface area contributed by atoms with Gasteiger partial charge < -0.3 is 9.47 Å². The second-order valence-electron chi connectivity index (χ2n) is 2.18. The van der Waals surface area contributed by atoms with E-state index in [1.807, 2.05) is 0 Å². The Hall–Kier alpha value is 1.74. The van der Waals surface area contributed by atoms with Gasteiger partial charge in [0.2, 0.25) is 8.77 Å². The van der Waals surface area contributed by atoms with E-state index >= 15 is 0 Å². The van der Waals surface area contributed by atoms with E-state index in [9.17, 15) is 0 Å². The topological polar surface area (TPSA) is 44.2 Å². The van der Waals surface area contributed by atoms with Crippen LogP contribution in [0.25, 0.3) is 0 Å². The van der Waals surface area contributed by atoms with Crippen LogP contribution >= 0.6 is 84.6 Å². The average Bonchev–Trinajstić information content (AvgIpc) is 2.65. The standard InChI is InChI=1S/C6H6N2O2S7.Na/c11-5(12)9-1-15-3-7-8-4(17-3)16-2-10-6(13)14;/h1-2H2,(H,11,12)(H,13,14);/q;+1. The maximum atomic E-state index is 5.01. The van der Waals surface area contributed by atoms with Gasteiger partial charge in [0.05, 0.1) is 0 Å².